The van der Waals surface area contributed by atoms with Crippen LogP contribution in [0.1, 0.15) is 39.5 Å². The molecule has 168 valence electrons. The molecule has 2 fully saturated rings. The Bertz CT molecular complexity index is 727. The van der Waals surface area contributed by atoms with Crippen molar-refractivity contribution in [2.75, 3.05) is 19.8 Å². The maximum atomic E-state index is 11.7. The summed E-state index contributed by atoms with van der Waals surface area (Å²) in [5.41, 5.74) is 0.629. The van der Waals surface area contributed by atoms with Crippen LogP contribution in [0.15, 0.2) is 23.3 Å². The number of aliphatic hydroxyl groups is 3. The smallest absolute Gasteiger partial charge is 0.342 e. The second kappa shape index (κ2) is 10.5. The molecule has 1 spiro atoms. The summed E-state index contributed by atoms with van der Waals surface area (Å²) in [6.45, 7) is 3.72. The van der Waals surface area contributed by atoms with Crippen LogP contribution in [-0.4, -0.2) is 69.2 Å². The Labute approximate surface area is 173 Å². The molecule has 30 heavy (non-hydrogen) atoms. The number of rotatable bonds is 6. The van der Waals surface area contributed by atoms with E-state index in [1.165, 1.54) is 0 Å². The van der Waals surface area contributed by atoms with Gasteiger partial charge >= 0.3 is 23.9 Å². The number of carboxylic acid groups (broad SMARTS) is 2. The minimum atomic E-state index is -1.26. The van der Waals surface area contributed by atoms with Crippen LogP contribution in [0.25, 0.3) is 0 Å². The number of carbonyl (C=O) groups excluding carboxylic acids is 2. The van der Waals surface area contributed by atoms with Gasteiger partial charge in [-0.05, 0) is 31.6 Å². The average molecular weight is 428 g/mol. The van der Waals surface area contributed by atoms with Crippen molar-refractivity contribution in [2.24, 2.45) is 16.7 Å². The van der Waals surface area contributed by atoms with Crippen LogP contribution < -0.4 is 0 Å². The molecule has 1 saturated carbocycles. The monoisotopic (exact) mass is 428 g/mol. The molecule has 0 amide bonds. The molecule has 5 N–H and O–H groups in total. The normalized spacial score (nSPS) is 24.1. The summed E-state index contributed by atoms with van der Waals surface area (Å²) in [5, 5.41) is 41.4. The second-order valence-electron chi connectivity index (χ2n) is 8.06. The van der Waals surface area contributed by atoms with Crippen LogP contribution in [0.5, 0.6) is 0 Å². The maximum Gasteiger partial charge on any atom is 0.342 e. The van der Waals surface area contributed by atoms with E-state index in [-0.39, 0.29) is 31.2 Å². The first-order chi connectivity index (χ1) is 13.9. The third-order valence-electron chi connectivity index (χ3n) is 5.19. The summed E-state index contributed by atoms with van der Waals surface area (Å²) < 4.78 is 4.71. The number of carboxylic acids is 2. The van der Waals surface area contributed by atoms with Crippen LogP contribution in [0.4, 0.5) is 0 Å². The van der Waals surface area contributed by atoms with Gasteiger partial charge in [0.2, 0.25) is 0 Å². The largest absolute Gasteiger partial charge is 0.478 e. The van der Waals surface area contributed by atoms with Crippen molar-refractivity contribution >= 4 is 23.9 Å². The zero-order valence-electron chi connectivity index (χ0n) is 17.0. The zero-order chi connectivity index (χ0) is 23.1. The van der Waals surface area contributed by atoms with Gasteiger partial charge in [0.25, 0.3) is 0 Å². The summed E-state index contributed by atoms with van der Waals surface area (Å²) in [6, 6.07) is 0. The van der Waals surface area contributed by atoms with E-state index in [0.717, 1.165) is 24.8 Å². The highest BCUT2D eigenvalue weighted by molar-refractivity contribution is 6.11. The number of hydrogen-bond donors (Lipinski definition) is 5. The van der Waals surface area contributed by atoms with Gasteiger partial charge in [0.15, 0.2) is 0 Å². The predicted octanol–water partition coefficient (Wildman–Crippen LogP) is 0.258. The number of carbonyl (C=O) groups is 4. The van der Waals surface area contributed by atoms with E-state index in [1.807, 2.05) is 0 Å². The van der Waals surface area contributed by atoms with Gasteiger partial charge in [-0.15, -0.1) is 0 Å². The molecule has 1 saturated heterocycles. The highest BCUT2D eigenvalue weighted by Crippen LogP contribution is 2.61. The van der Waals surface area contributed by atoms with Crippen LogP contribution in [-0.2, 0) is 23.9 Å². The molecule has 2 aliphatic carbocycles. The van der Waals surface area contributed by atoms with Gasteiger partial charge in [-0.1, -0.05) is 19.4 Å². The Morgan fingerprint density at radius 1 is 1.10 bits per heavy atom. The van der Waals surface area contributed by atoms with E-state index in [1.54, 1.807) is 13.8 Å². The van der Waals surface area contributed by atoms with Gasteiger partial charge in [0.05, 0.1) is 18.8 Å². The van der Waals surface area contributed by atoms with Crippen molar-refractivity contribution in [3.63, 3.8) is 0 Å². The van der Waals surface area contributed by atoms with E-state index >= 15 is 0 Å². The van der Waals surface area contributed by atoms with Crippen LogP contribution in [0.2, 0.25) is 0 Å². The van der Waals surface area contributed by atoms with Crippen molar-refractivity contribution < 1.29 is 49.4 Å². The first-order valence-corrected chi connectivity index (χ1v) is 9.40. The van der Waals surface area contributed by atoms with Crippen molar-refractivity contribution in [2.45, 2.75) is 39.5 Å². The van der Waals surface area contributed by atoms with Gasteiger partial charge in [0, 0.05) is 24.2 Å². The Morgan fingerprint density at radius 3 is 2.03 bits per heavy atom. The van der Waals surface area contributed by atoms with Crippen molar-refractivity contribution in [1.29, 1.82) is 0 Å². The van der Waals surface area contributed by atoms with Gasteiger partial charge in [-0.2, -0.15) is 0 Å². The zero-order valence-corrected chi connectivity index (χ0v) is 17.0. The third kappa shape index (κ3) is 5.97. The van der Waals surface area contributed by atoms with Gasteiger partial charge in [-0.25, -0.2) is 14.4 Å². The Kier molecular flexibility index (Phi) is 8.89. The molecule has 1 heterocycles. The van der Waals surface area contributed by atoms with Crippen LogP contribution in [0.3, 0.4) is 0 Å². The summed E-state index contributed by atoms with van der Waals surface area (Å²) in [5.74, 6) is -3.02. The average Bonchev–Trinajstić information content (AvgIpc) is 3.32. The molecule has 3 rings (SSSR count). The summed E-state index contributed by atoms with van der Waals surface area (Å²) in [4.78, 5) is 42.3. The standard InChI is InChI=1S/C11H12O4.C5H12O2.C4H4O4/c12-4-2-7-6-1-3-11(5-6)8(7)9(13)15-10(11)14;1-5(2,3-6)4-7;5-3(6)1-2-4(7)8/h6,12H,1-5H2;6-7H,3-4H2,1-2H3;1-2H,(H,5,6)(H,7,8). The molecule has 10 nitrogen and oxygen atoms in total. The van der Waals surface area contributed by atoms with E-state index < -0.39 is 23.3 Å². The maximum absolute atomic E-state index is 11.7. The van der Waals surface area contributed by atoms with Crippen molar-refractivity contribution in [1.82, 2.24) is 0 Å². The van der Waals surface area contributed by atoms with Gasteiger partial charge in [0.1, 0.15) is 5.41 Å². The predicted molar refractivity (Wildman–Crippen MR) is 102 cm³/mol. The lowest BCUT2D eigenvalue weighted by atomic mass is 9.80. The Hall–Kier alpha value is -2.56. The first-order valence-electron chi connectivity index (χ1n) is 9.40. The Morgan fingerprint density at radius 2 is 1.63 bits per heavy atom. The fourth-order valence-corrected chi connectivity index (χ4v) is 3.57. The van der Waals surface area contributed by atoms with Crippen molar-refractivity contribution in [3.05, 3.63) is 23.3 Å². The van der Waals surface area contributed by atoms with E-state index in [0.29, 0.717) is 30.1 Å². The van der Waals surface area contributed by atoms with Gasteiger partial charge < -0.3 is 30.3 Å². The number of esters is 2. The number of hydrogen-bond acceptors (Lipinski definition) is 8. The lowest BCUT2D eigenvalue weighted by molar-refractivity contribution is -0.155. The summed E-state index contributed by atoms with van der Waals surface area (Å²) >= 11 is 0. The molecule has 0 radical (unpaired) electrons. The molecule has 0 aromatic rings. The lowest BCUT2D eigenvalue weighted by Crippen LogP contribution is -2.23. The number of fused-ring (bicyclic) bond motifs is 1. The lowest BCUT2D eigenvalue weighted by Gasteiger charge is -2.18. The first kappa shape index (κ1) is 25.5. The highest BCUT2D eigenvalue weighted by atomic mass is 16.6. The highest BCUT2D eigenvalue weighted by Gasteiger charge is 2.63. The SMILES string of the molecule is CC(C)(CO)CO.O=C(O)C=CC(=O)O.O=C1OC(=O)C23CCC(C2)C(CCO)=C13. The van der Waals surface area contributed by atoms with E-state index in [9.17, 15) is 19.2 Å². The second-order valence-corrected chi connectivity index (χ2v) is 8.06. The molecule has 10 heteroatoms. The molecule has 0 aromatic heterocycles. The summed E-state index contributed by atoms with van der Waals surface area (Å²) in [6.07, 6.45) is 4.03. The molecule has 0 aromatic carbocycles. The van der Waals surface area contributed by atoms with E-state index in [4.69, 9.17) is 30.3 Å². The molecule has 2 unspecified atom stereocenters. The number of ether oxygens (including phenoxy) is 1. The quantitative estimate of drug-likeness (QED) is 0.224. The molecule has 2 bridgehead atoms. The molecular formula is C20H28O10. The number of aliphatic hydroxyl groups excluding tert-OH is 3. The van der Waals surface area contributed by atoms with Gasteiger partial charge in [-0.3, -0.25) is 4.79 Å². The Balaban J connectivity index is 0.000000257. The topological polar surface area (TPSA) is 179 Å². The molecule has 1 aliphatic heterocycles. The number of aliphatic carboxylic acids is 2. The minimum Gasteiger partial charge on any atom is -0.478 e. The fourth-order valence-electron chi connectivity index (χ4n) is 3.57. The molecule has 3 aliphatic rings. The van der Waals surface area contributed by atoms with Crippen LogP contribution in [0, 0.1) is 16.7 Å². The summed E-state index contributed by atoms with van der Waals surface area (Å²) in [7, 11) is 0. The van der Waals surface area contributed by atoms with Crippen molar-refractivity contribution in [3.8, 4) is 0 Å². The van der Waals surface area contributed by atoms with E-state index in [2.05, 4.69) is 0 Å². The molecular weight excluding hydrogens is 400 g/mol. The fraction of sp³-hybridized carbons (Fsp3) is 0.600. The van der Waals surface area contributed by atoms with Crippen LogP contribution >= 0.6 is 0 Å². The third-order valence-corrected chi connectivity index (χ3v) is 5.19. The minimum absolute atomic E-state index is 0.0346. The molecule has 2 atom stereocenters. The number of cyclic esters (lactones) is 2.